The number of nitrogens with two attached hydrogens (primary N) is 1. The molecule has 100 valence electrons. The largest absolute Gasteiger partial charge is 0.488 e. The molecule has 0 saturated carbocycles. The van der Waals surface area contributed by atoms with E-state index in [0.29, 0.717) is 22.3 Å². The maximum Gasteiger partial charge on any atom is 0.134 e. The molecule has 2 aromatic carbocycles. The standard InChI is InChI=1S/C14H12BrF2NO/c15-12-6-11(16)3-4-14(12)19-8-10-2-1-9(7-18)5-13(10)17/h1-6H,7-8,18H2. The van der Waals surface area contributed by atoms with Crippen molar-refractivity contribution in [1.82, 2.24) is 0 Å². The molecule has 0 spiro atoms. The average molecular weight is 328 g/mol. The zero-order valence-corrected chi connectivity index (χ0v) is 11.6. The monoisotopic (exact) mass is 327 g/mol. The lowest BCUT2D eigenvalue weighted by atomic mass is 10.1. The van der Waals surface area contributed by atoms with Crippen molar-refractivity contribution in [3.63, 3.8) is 0 Å². The molecule has 0 bridgehead atoms. The summed E-state index contributed by atoms with van der Waals surface area (Å²) < 4.78 is 32.5. The smallest absolute Gasteiger partial charge is 0.134 e. The van der Waals surface area contributed by atoms with Crippen LogP contribution in [0.3, 0.4) is 0 Å². The Bertz CT molecular complexity index is 590. The van der Waals surface area contributed by atoms with Crippen LogP contribution >= 0.6 is 15.9 Å². The van der Waals surface area contributed by atoms with Crippen LogP contribution in [0.15, 0.2) is 40.9 Å². The molecule has 2 nitrogen and oxygen atoms in total. The van der Waals surface area contributed by atoms with E-state index in [2.05, 4.69) is 15.9 Å². The third-order valence-corrected chi connectivity index (χ3v) is 3.25. The number of benzene rings is 2. The third-order valence-electron chi connectivity index (χ3n) is 2.63. The minimum Gasteiger partial charge on any atom is -0.488 e. The highest BCUT2D eigenvalue weighted by Crippen LogP contribution is 2.26. The lowest BCUT2D eigenvalue weighted by molar-refractivity contribution is 0.297. The van der Waals surface area contributed by atoms with Gasteiger partial charge in [0.1, 0.15) is 24.0 Å². The van der Waals surface area contributed by atoms with Crippen LogP contribution < -0.4 is 10.5 Å². The molecule has 0 unspecified atom stereocenters. The molecule has 0 aliphatic heterocycles. The van der Waals surface area contributed by atoms with Gasteiger partial charge in [-0.15, -0.1) is 0 Å². The third kappa shape index (κ3) is 3.52. The van der Waals surface area contributed by atoms with E-state index in [1.165, 1.54) is 24.3 Å². The quantitative estimate of drug-likeness (QED) is 0.927. The van der Waals surface area contributed by atoms with Crippen LogP contribution in [0, 0.1) is 11.6 Å². The molecule has 5 heteroatoms. The van der Waals surface area contributed by atoms with Gasteiger partial charge in [0.25, 0.3) is 0 Å². The molecule has 2 rings (SSSR count). The Hall–Kier alpha value is -1.46. The van der Waals surface area contributed by atoms with Gasteiger partial charge in [0.05, 0.1) is 4.47 Å². The number of hydrogen-bond acceptors (Lipinski definition) is 2. The number of ether oxygens (including phenoxy) is 1. The predicted molar refractivity (Wildman–Crippen MR) is 72.7 cm³/mol. The molecule has 0 aromatic heterocycles. The SMILES string of the molecule is NCc1ccc(COc2ccc(F)cc2Br)c(F)c1. The highest BCUT2D eigenvalue weighted by atomic mass is 79.9. The second kappa shape index (κ2) is 6.12. The van der Waals surface area contributed by atoms with E-state index in [0.717, 1.165) is 5.56 Å². The van der Waals surface area contributed by atoms with Crippen molar-refractivity contribution >= 4 is 15.9 Å². The molecule has 2 aromatic rings. The molecule has 2 N–H and O–H groups in total. The summed E-state index contributed by atoms with van der Waals surface area (Å²) in [5.74, 6) is -0.261. The molecule has 0 amide bonds. The van der Waals surface area contributed by atoms with Crippen LogP contribution in [-0.2, 0) is 13.2 Å². The van der Waals surface area contributed by atoms with Gasteiger partial charge in [-0.05, 0) is 45.8 Å². The van der Waals surface area contributed by atoms with Gasteiger partial charge in [-0.25, -0.2) is 8.78 Å². The van der Waals surface area contributed by atoms with Gasteiger partial charge in [0, 0.05) is 12.1 Å². The Morgan fingerprint density at radius 2 is 1.89 bits per heavy atom. The van der Waals surface area contributed by atoms with Crippen molar-refractivity contribution in [2.45, 2.75) is 13.2 Å². The fourth-order valence-corrected chi connectivity index (χ4v) is 2.05. The van der Waals surface area contributed by atoms with Gasteiger partial charge in [-0.2, -0.15) is 0 Å². The highest BCUT2D eigenvalue weighted by molar-refractivity contribution is 9.10. The summed E-state index contributed by atoms with van der Waals surface area (Å²) >= 11 is 3.19. The van der Waals surface area contributed by atoms with E-state index in [1.54, 1.807) is 12.1 Å². The van der Waals surface area contributed by atoms with E-state index < -0.39 is 0 Å². The van der Waals surface area contributed by atoms with E-state index in [-0.39, 0.29) is 18.2 Å². The van der Waals surface area contributed by atoms with E-state index in [1.807, 2.05) is 0 Å². The van der Waals surface area contributed by atoms with Gasteiger partial charge in [0.15, 0.2) is 0 Å². The zero-order valence-electron chi connectivity index (χ0n) is 10.00. The fraction of sp³-hybridized carbons (Fsp3) is 0.143. The summed E-state index contributed by atoms with van der Waals surface area (Å²) in [6.45, 7) is 0.364. The van der Waals surface area contributed by atoms with Crippen LogP contribution in [0.2, 0.25) is 0 Å². The van der Waals surface area contributed by atoms with Crippen LogP contribution in [-0.4, -0.2) is 0 Å². The van der Waals surface area contributed by atoms with Crippen molar-refractivity contribution in [3.05, 3.63) is 63.6 Å². The number of hydrogen-bond donors (Lipinski definition) is 1. The molecule has 0 aliphatic rings. The molecule has 0 aliphatic carbocycles. The minimum atomic E-state index is -0.363. The predicted octanol–water partition coefficient (Wildman–Crippen LogP) is 3.77. The minimum absolute atomic E-state index is 0.0704. The highest BCUT2D eigenvalue weighted by Gasteiger charge is 2.07. The van der Waals surface area contributed by atoms with Crippen molar-refractivity contribution < 1.29 is 13.5 Å². The van der Waals surface area contributed by atoms with Crippen LogP contribution in [0.25, 0.3) is 0 Å². The number of rotatable bonds is 4. The van der Waals surface area contributed by atoms with Crippen molar-refractivity contribution in [2.24, 2.45) is 5.73 Å². The zero-order chi connectivity index (χ0) is 13.8. The fourth-order valence-electron chi connectivity index (χ4n) is 1.58. The van der Waals surface area contributed by atoms with Crippen molar-refractivity contribution in [2.75, 3.05) is 0 Å². The van der Waals surface area contributed by atoms with E-state index in [9.17, 15) is 8.78 Å². The molecule has 0 saturated heterocycles. The summed E-state index contributed by atoms with van der Waals surface area (Å²) in [7, 11) is 0. The van der Waals surface area contributed by atoms with Crippen LogP contribution in [0.1, 0.15) is 11.1 Å². The average Bonchev–Trinajstić information content (AvgIpc) is 2.39. The van der Waals surface area contributed by atoms with Crippen LogP contribution in [0.5, 0.6) is 5.75 Å². The Labute approximate surface area is 118 Å². The maximum atomic E-state index is 13.7. The molecular weight excluding hydrogens is 316 g/mol. The van der Waals surface area contributed by atoms with E-state index in [4.69, 9.17) is 10.5 Å². The normalized spacial score (nSPS) is 10.5. The van der Waals surface area contributed by atoms with Gasteiger partial charge >= 0.3 is 0 Å². The second-order valence-electron chi connectivity index (χ2n) is 3.99. The van der Waals surface area contributed by atoms with Crippen molar-refractivity contribution in [3.8, 4) is 5.75 Å². The van der Waals surface area contributed by atoms with Crippen molar-refractivity contribution in [1.29, 1.82) is 0 Å². The first kappa shape index (κ1) is 14.0. The first-order valence-electron chi connectivity index (χ1n) is 5.65. The summed E-state index contributed by atoms with van der Waals surface area (Å²) in [5, 5.41) is 0. The molecule has 0 heterocycles. The summed E-state index contributed by atoms with van der Waals surface area (Å²) in [4.78, 5) is 0. The van der Waals surface area contributed by atoms with E-state index >= 15 is 0 Å². The maximum absolute atomic E-state index is 13.7. The topological polar surface area (TPSA) is 35.2 Å². The molecule has 0 atom stereocenters. The Morgan fingerprint density at radius 3 is 2.53 bits per heavy atom. The first-order valence-corrected chi connectivity index (χ1v) is 6.44. The molecular formula is C14H12BrF2NO. The molecule has 0 fully saturated rings. The van der Waals surface area contributed by atoms with Crippen LogP contribution in [0.4, 0.5) is 8.78 Å². The van der Waals surface area contributed by atoms with Gasteiger partial charge < -0.3 is 10.5 Å². The first-order chi connectivity index (χ1) is 9.10. The molecule has 0 radical (unpaired) electrons. The lowest BCUT2D eigenvalue weighted by Crippen LogP contribution is -2.02. The second-order valence-corrected chi connectivity index (χ2v) is 4.85. The van der Waals surface area contributed by atoms with Gasteiger partial charge in [0.2, 0.25) is 0 Å². The van der Waals surface area contributed by atoms with Gasteiger partial charge in [-0.1, -0.05) is 12.1 Å². The lowest BCUT2D eigenvalue weighted by Gasteiger charge is -2.09. The Balaban J connectivity index is 2.10. The Morgan fingerprint density at radius 1 is 1.11 bits per heavy atom. The summed E-state index contributed by atoms with van der Waals surface area (Å²) in [5.41, 5.74) is 6.58. The summed E-state index contributed by atoms with van der Waals surface area (Å²) in [6, 6.07) is 8.84. The van der Waals surface area contributed by atoms with Gasteiger partial charge in [-0.3, -0.25) is 0 Å². The molecule has 19 heavy (non-hydrogen) atoms. The summed E-state index contributed by atoms with van der Waals surface area (Å²) in [6.07, 6.45) is 0. The Kier molecular flexibility index (Phi) is 4.50. The number of halogens is 3.